The van der Waals surface area contributed by atoms with Gasteiger partial charge in [-0.1, -0.05) is 47.5 Å². The molecule has 0 aliphatic carbocycles. The smallest absolute Gasteiger partial charge is 0.410 e. The first kappa shape index (κ1) is 25.9. The fraction of sp³-hybridized carbons (Fsp3) is 0.346. The lowest BCUT2D eigenvalue weighted by atomic mass is 10.0. The Morgan fingerprint density at radius 2 is 1.64 bits per heavy atom. The molecule has 1 aliphatic rings. The first-order valence-corrected chi connectivity index (χ1v) is 12.3. The molecule has 0 saturated heterocycles. The van der Waals surface area contributed by atoms with Gasteiger partial charge >= 0.3 is 6.09 Å². The van der Waals surface area contributed by atoms with Crippen LogP contribution in [0.15, 0.2) is 36.4 Å². The van der Waals surface area contributed by atoms with E-state index >= 15 is 0 Å². The standard InChI is InChI=1S/C26H29Cl2N5O3/c1-26(2,3)36-25(35)33-13-12-20-19(14-33)30-23(32(20)5)24(34)31-18-11-7-9-16(22(18)28)15-8-6-10-17(29-4)21(15)27/h6-11,29H,12-14H2,1-5H3,(H,31,34). The molecular weight excluding hydrogens is 501 g/mol. The third-order valence-electron chi connectivity index (χ3n) is 5.92. The second kappa shape index (κ2) is 10.0. The fourth-order valence-electron chi connectivity index (χ4n) is 4.16. The van der Waals surface area contributed by atoms with Crippen LogP contribution in [-0.2, 0) is 24.8 Å². The van der Waals surface area contributed by atoms with Crippen LogP contribution in [0.5, 0.6) is 0 Å². The summed E-state index contributed by atoms with van der Waals surface area (Å²) in [4.78, 5) is 31.9. The van der Waals surface area contributed by atoms with Crippen molar-refractivity contribution in [3.05, 3.63) is 63.7 Å². The van der Waals surface area contributed by atoms with Crippen LogP contribution in [-0.4, -0.2) is 45.6 Å². The van der Waals surface area contributed by atoms with Gasteiger partial charge < -0.3 is 24.8 Å². The van der Waals surface area contributed by atoms with Crippen molar-refractivity contribution in [1.82, 2.24) is 14.5 Å². The maximum atomic E-state index is 13.2. The van der Waals surface area contributed by atoms with E-state index in [9.17, 15) is 9.59 Å². The molecular formula is C26H29Cl2N5O3. The van der Waals surface area contributed by atoms with E-state index in [0.29, 0.717) is 40.0 Å². The molecule has 2 heterocycles. The number of ether oxygens (including phenoxy) is 1. The summed E-state index contributed by atoms with van der Waals surface area (Å²) in [5.41, 5.74) is 3.67. The topological polar surface area (TPSA) is 88.5 Å². The monoisotopic (exact) mass is 529 g/mol. The van der Waals surface area contributed by atoms with Gasteiger partial charge in [-0.25, -0.2) is 9.78 Å². The largest absolute Gasteiger partial charge is 0.444 e. The van der Waals surface area contributed by atoms with Gasteiger partial charge in [0.25, 0.3) is 5.91 Å². The molecule has 10 heteroatoms. The van der Waals surface area contributed by atoms with Crippen molar-refractivity contribution in [1.29, 1.82) is 0 Å². The molecule has 2 aromatic carbocycles. The highest BCUT2D eigenvalue weighted by Crippen LogP contribution is 2.40. The molecule has 0 saturated carbocycles. The maximum absolute atomic E-state index is 13.2. The van der Waals surface area contributed by atoms with Crippen molar-refractivity contribution >= 4 is 46.6 Å². The van der Waals surface area contributed by atoms with Crippen molar-refractivity contribution < 1.29 is 14.3 Å². The molecule has 4 rings (SSSR count). The quantitative estimate of drug-likeness (QED) is 0.433. The lowest BCUT2D eigenvalue weighted by Crippen LogP contribution is -2.40. The number of carbonyl (C=O) groups excluding carboxylic acids is 2. The van der Waals surface area contributed by atoms with Gasteiger partial charge in [0.15, 0.2) is 5.82 Å². The van der Waals surface area contributed by atoms with E-state index in [0.717, 1.165) is 16.9 Å². The number of carbonyl (C=O) groups is 2. The first-order chi connectivity index (χ1) is 17.0. The van der Waals surface area contributed by atoms with E-state index in [1.165, 1.54) is 0 Å². The van der Waals surface area contributed by atoms with E-state index in [4.69, 9.17) is 27.9 Å². The molecule has 0 atom stereocenters. The number of amides is 2. The minimum atomic E-state index is -0.584. The zero-order chi connectivity index (χ0) is 26.2. The molecule has 2 amide bonds. The summed E-state index contributed by atoms with van der Waals surface area (Å²) in [6, 6.07) is 11.0. The van der Waals surface area contributed by atoms with Gasteiger partial charge in [0, 0.05) is 43.9 Å². The predicted octanol–water partition coefficient (Wildman–Crippen LogP) is 5.98. The summed E-state index contributed by atoms with van der Waals surface area (Å²) in [7, 11) is 3.59. The van der Waals surface area contributed by atoms with Crippen LogP contribution in [0.1, 0.15) is 42.8 Å². The highest BCUT2D eigenvalue weighted by Gasteiger charge is 2.30. The van der Waals surface area contributed by atoms with Crippen LogP contribution in [0.4, 0.5) is 16.2 Å². The van der Waals surface area contributed by atoms with Crippen molar-refractivity contribution in [3.8, 4) is 11.1 Å². The zero-order valence-electron chi connectivity index (χ0n) is 20.9. The van der Waals surface area contributed by atoms with Gasteiger partial charge in [0.05, 0.1) is 33.7 Å². The molecule has 0 bridgehead atoms. The number of nitrogens with one attached hydrogen (secondary N) is 2. The second-order valence-corrected chi connectivity index (χ2v) is 10.3. The summed E-state index contributed by atoms with van der Waals surface area (Å²) in [5, 5.41) is 6.85. The maximum Gasteiger partial charge on any atom is 0.410 e. The van der Waals surface area contributed by atoms with Crippen molar-refractivity contribution in [2.24, 2.45) is 7.05 Å². The Morgan fingerprint density at radius 3 is 2.25 bits per heavy atom. The third-order valence-corrected chi connectivity index (χ3v) is 6.73. The highest BCUT2D eigenvalue weighted by atomic mass is 35.5. The predicted molar refractivity (Wildman–Crippen MR) is 143 cm³/mol. The van der Waals surface area contributed by atoms with Gasteiger partial charge in [0.2, 0.25) is 0 Å². The van der Waals surface area contributed by atoms with Gasteiger partial charge in [-0.15, -0.1) is 0 Å². The number of hydrogen-bond donors (Lipinski definition) is 2. The minimum Gasteiger partial charge on any atom is -0.444 e. The minimum absolute atomic E-state index is 0.239. The normalized spacial score (nSPS) is 13.2. The van der Waals surface area contributed by atoms with Crippen LogP contribution in [0, 0.1) is 0 Å². The average Bonchev–Trinajstić information content (AvgIpc) is 3.15. The molecule has 0 spiro atoms. The summed E-state index contributed by atoms with van der Waals surface area (Å²) < 4.78 is 7.25. The van der Waals surface area contributed by atoms with Crippen LogP contribution in [0.25, 0.3) is 11.1 Å². The highest BCUT2D eigenvalue weighted by molar-refractivity contribution is 6.39. The number of anilines is 2. The van der Waals surface area contributed by atoms with E-state index in [1.807, 2.05) is 45.0 Å². The van der Waals surface area contributed by atoms with E-state index < -0.39 is 17.6 Å². The number of imidazole rings is 1. The molecule has 36 heavy (non-hydrogen) atoms. The summed E-state index contributed by atoms with van der Waals surface area (Å²) >= 11 is 13.3. The Labute approximate surface area is 220 Å². The van der Waals surface area contributed by atoms with Crippen LogP contribution < -0.4 is 10.6 Å². The van der Waals surface area contributed by atoms with Gasteiger partial charge in [0.1, 0.15) is 5.60 Å². The SMILES string of the molecule is CNc1cccc(-c2cccc(NC(=O)c3nc4c(n3C)CCN(C(=O)OC(C)(C)C)C4)c2Cl)c1Cl. The fourth-order valence-corrected chi connectivity index (χ4v) is 4.76. The van der Waals surface area contributed by atoms with Crippen LogP contribution in [0.2, 0.25) is 10.0 Å². The number of rotatable bonds is 4. The van der Waals surface area contributed by atoms with Gasteiger partial charge in [-0.3, -0.25) is 4.79 Å². The lowest BCUT2D eigenvalue weighted by molar-refractivity contribution is 0.0220. The molecule has 2 N–H and O–H groups in total. The molecule has 3 aromatic rings. The molecule has 190 valence electrons. The van der Waals surface area contributed by atoms with Crippen LogP contribution >= 0.6 is 23.2 Å². The zero-order valence-corrected chi connectivity index (χ0v) is 22.4. The summed E-state index contributed by atoms with van der Waals surface area (Å²) in [5.74, 6) is -0.160. The molecule has 0 fully saturated rings. The second-order valence-electron chi connectivity index (χ2n) is 9.58. The van der Waals surface area contributed by atoms with Crippen LogP contribution in [0.3, 0.4) is 0 Å². The Bertz CT molecular complexity index is 1330. The molecule has 0 unspecified atom stereocenters. The Kier molecular flexibility index (Phi) is 7.20. The first-order valence-electron chi connectivity index (χ1n) is 11.6. The molecule has 1 aromatic heterocycles. The number of halogens is 2. The molecule has 8 nitrogen and oxygen atoms in total. The van der Waals surface area contributed by atoms with Crippen molar-refractivity contribution in [3.63, 3.8) is 0 Å². The Morgan fingerprint density at radius 1 is 1.03 bits per heavy atom. The number of nitrogens with zero attached hydrogens (tertiary/aromatic N) is 3. The van der Waals surface area contributed by atoms with Gasteiger partial charge in [-0.2, -0.15) is 0 Å². The van der Waals surface area contributed by atoms with E-state index in [-0.39, 0.29) is 12.4 Å². The van der Waals surface area contributed by atoms with E-state index in [1.54, 1.807) is 35.7 Å². The van der Waals surface area contributed by atoms with Crippen molar-refractivity contribution in [2.75, 3.05) is 24.2 Å². The van der Waals surface area contributed by atoms with Gasteiger partial charge in [-0.05, 0) is 32.9 Å². The van der Waals surface area contributed by atoms with Crippen molar-refractivity contribution in [2.45, 2.75) is 39.3 Å². The Hall–Kier alpha value is -3.23. The molecule has 1 aliphatic heterocycles. The number of aromatic nitrogens is 2. The summed E-state index contributed by atoms with van der Waals surface area (Å²) in [6.45, 7) is 6.25. The lowest BCUT2D eigenvalue weighted by Gasteiger charge is -2.29. The van der Waals surface area contributed by atoms with E-state index in [2.05, 4.69) is 15.6 Å². The summed E-state index contributed by atoms with van der Waals surface area (Å²) in [6.07, 6.45) is 0.177. The Balaban J connectivity index is 1.57. The number of hydrogen-bond acceptors (Lipinski definition) is 5. The number of benzene rings is 2. The average molecular weight is 530 g/mol. The third kappa shape index (κ3) is 5.15. The molecule has 0 radical (unpaired) electrons. The number of fused-ring (bicyclic) bond motifs is 1.